The number of amides is 1. The van der Waals surface area contributed by atoms with Crippen LogP contribution in [-0.4, -0.2) is 41.8 Å². The van der Waals surface area contributed by atoms with Crippen LogP contribution in [0.3, 0.4) is 0 Å². The van der Waals surface area contributed by atoms with Crippen LogP contribution in [0.5, 0.6) is 5.75 Å². The number of aldehydes is 1. The highest BCUT2D eigenvalue weighted by molar-refractivity contribution is 5.79. The van der Waals surface area contributed by atoms with Crippen molar-refractivity contribution < 1.29 is 14.3 Å². The molecular formula is C13H16N2O3. The molecule has 0 aliphatic heterocycles. The second-order valence-electron chi connectivity index (χ2n) is 4.48. The highest BCUT2D eigenvalue weighted by Crippen LogP contribution is 2.25. The molecule has 2 rings (SSSR count). The Kier molecular flexibility index (Phi) is 3.60. The zero-order chi connectivity index (χ0) is 13.1. The first-order valence-corrected chi connectivity index (χ1v) is 5.93. The monoisotopic (exact) mass is 248 g/mol. The number of aryl methyl sites for hydroxylation is 1. The van der Waals surface area contributed by atoms with Gasteiger partial charge in [-0.3, -0.25) is 9.59 Å². The fourth-order valence-electron chi connectivity index (χ4n) is 1.68. The van der Waals surface area contributed by atoms with E-state index >= 15 is 0 Å². The first-order chi connectivity index (χ1) is 8.61. The summed E-state index contributed by atoms with van der Waals surface area (Å²) < 4.78 is 5.36. The van der Waals surface area contributed by atoms with E-state index in [9.17, 15) is 9.59 Å². The quantitative estimate of drug-likeness (QED) is 0.735. The van der Waals surface area contributed by atoms with Gasteiger partial charge in [0.1, 0.15) is 11.4 Å². The highest BCUT2D eigenvalue weighted by Gasteiger charge is 2.29. The topological polar surface area (TPSA) is 59.5 Å². The Balaban J connectivity index is 1.97. The Morgan fingerprint density at radius 3 is 2.89 bits per heavy atom. The van der Waals surface area contributed by atoms with Crippen LogP contribution in [0.1, 0.15) is 29.0 Å². The molecule has 0 saturated heterocycles. The number of hydrogen-bond acceptors (Lipinski definition) is 4. The van der Waals surface area contributed by atoms with Crippen molar-refractivity contribution >= 4 is 12.2 Å². The third kappa shape index (κ3) is 2.85. The first-order valence-electron chi connectivity index (χ1n) is 5.93. The number of pyridine rings is 1. The smallest absolute Gasteiger partial charge is 0.260 e. The van der Waals surface area contributed by atoms with E-state index in [1.807, 2.05) is 0 Å². The molecule has 1 aromatic heterocycles. The van der Waals surface area contributed by atoms with Gasteiger partial charge in [-0.15, -0.1) is 0 Å². The van der Waals surface area contributed by atoms with Crippen LogP contribution < -0.4 is 4.74 Å². The van der Waals surface area contributed by atoms with Gasteiger partial charge < -0.3 is 9.64 Å². The molecule has 0 N–H and O–H groups in total. The molecule has 0 aromatic carbocycles. The minimum absolute atomic E-state index is 0.0570. The summed E-state index contributed by atoms with van der Waals surface area (Å²) in [5.74, 6) is 0.281. The predicted molar refractivity (Wildman–Crippen MR) is 65.6 cm³/mol. The molecule has 0 radical (unpaired) electrons. The van der Waals surface area contributed by atoms with Gasteiger partial charge in [-0.25, -0.2) is 4.98 Å². The van der Waals surface area contributed by atoms with Crippen molar-refractivity contribution in [1.82, 2.24) is 9.88 Å². The summed E-state index contributed by atoms with van der Waals surface area (Å²) in [6.45, 7) is 1.74. The van der Waals surface area contributed by atoms with Crippen molar-refractivity contribution in [3.63, 3.8) is 0 Å². The number of hydrogen-bond donors (Lipinski definition) is 0. The summed E-state index contributed by atoms with van der Waals surface area (Å²) in [6, 6.07) is 3.77. The number of likely N-dealkylation sites (N-methyl/N-ethyl adjacent to an activating group) is 1. The van der Waals surface area contributed by atoms with Crippen LogP contribution in [0.15, 0.2) is 12.1 Å². The molecule has 1 aliphatic carbocycles. The molecule has 0 atom stereocenters. The minimum Gasteiger partial charge on any atom is -0.481 e. The Morgan fingerprint density at radius 1 is 1.56 bits per heavy atom. The van der Waals surface area contributed by atoms with Crippen molar-refractivity contribution in [3.8, 4) is 5.75 Å². The largest absolute Gasteiger partial charge is 0.481 e. The molecule has 1 fully saturated rings. The summed E-state index contributed by atoms with van der Waals surface area (Å²) in [5.41, 5.74) is 0.975. The highest BCUT2D eigenvalue weighted by atomic mass is 16.5. The van der Waals surface area contributed by atoms with E-state index in [4.69, 9.17) is 4.74 Å². The maximum atomic E-state index is 11.8. The van der Waals surface area contributed by atoms with Crippen LogP contribution in [0.25, 0.3) is 0 Å². The lowest BCUT2D eigenvalue weighted by molar-refractivity contribution is -0.132. The molecule has 0 bridgehead atoms. The van der Waals surface area contributed by atoms with Gasteiger partial charge in [-0.1, -0.05) is 0 Å². The Labute approximate surface area is 106 Å². The molecule has 0 unspecified atom stereocenters. The number of carbonyl (C=O) groups excluding carboxylic acids is 2. The third-order valence-electron chi connectivity index (χ3n) is 2.98. The SMILES string of the molecule is Cc1ccc(OCC(=O)N(C)C2CC2)c(C=O)n1. The summed E-state index contributed by atoms with van der Waals surface area (Å²) in [4.78, 5) is 28.3. The summed E-state index contributed by atoms with van der Waals surface area (Å²) in [6.07, 6.45) is 2.76. The van der Waals surface area contributed by atoms with Gasteiger partial charge in [-0.05, 0) is 31.9 Å². The van der Waals surface area contributed by atoms with E-state index in [1.165, 1.54) is 0 Å². The molecule has 96 valence electrons. The fourth-order valence-corrected chi connectivity index (χ4v) is 1.68. The van der Waals surface area contributed by atoms with Gasteiger partial charge >= 0.3 is 0 Å². The van der Waals surface area contributed by atoms with Crippen LogP contribution in [0, 0.1) is 6.92 Å². The summed E-state index contributed by atoms with van der Waals surface area (Å²) in [5, 5.41) is 0. The second-order valence-corrected chi connectivity index (χ2v) is 4.48. The van der Waals surface area contributed by atoms with E-state index in [0.717, 1.165) is 18.5 Å². The standard InChI is InChI=1S/C13H16N2O3/c1-9-3-6-12(11(7-16)14-9)18-8-13(17)15(2)10-4-5-10/h3,6-7,10H,4-5,8H2,1-2H3. The van der Waals surface area contributed by atoms with E-state index in [1.54, 1.807) is 31.0 Å². The lowest BCUT2D eigenvalue weighted by Gasteiger charge is -2.16. The normalized spacial score (nSPS) is 14.1. The minimum atomic E-state index is -0.0741. The number of carbonyl (C=O) groups is 2. The molecule has 1 aliphatic rings. The number of rotatable bonds is 5. The molecule has 1 amide bonds. The van der Waals surface area contributed by atoms with Crippen LogP contribution >= 0.6 is 0 Å². The maximum Gasteiger partial charge on any atom is 0.260 e. The van der Waals surface area contributed by atoms with Crippen LogP contribution in [-0.2, 0) is 4.79 Å². The van der Waals surface area contributed by atoms with Gasteiger partial charge in [0.2, 0.25) is 0 Å². The molecule has 5 heteroatoms. The van der Waals surface area contributed by atoms with Crippen molar-refractivity contribution in [2.24, 2.45) is 0 Å². The Morgan fingerprint density at radius 2 is 2.28 bits per heavy atom. The van der Waals surface area contributed by atoms with Gasteiger partial charge in [0.15, 0.2) is 12.9 Å². The number of ether oxygens (including phenoxy) is 1. The molecule has 0 spiro atoms. The summed E-state index contributed by atoms with van der Waals surface area (Å²) in [7, 11) is 1.78. The van der Waals surface area contributed by atoms with E-state index < -0.39 is 0 Å². The van der Waals surface area contributed by atoms with Crippen LogP contribution in [0.2, 0.25) is 0 Å². The zero-order valence-electron chi connectivity index (χ0n) is 10.5. The Hall–Kier alpha value is -1.91. The van der Waals surface area contributed by atoms with Gasteiger partial charge in [0.25, 0.3) is 5.91 Å². The van der Waals surface area contributed by atoms with Gasteiger partial charge in [-0.2, -0.15) is 0 Å². The van der Waals surface area contributed by atoms with Gasteiger partial charge in [0.05, 0.1) is 0 Å². The average Bonchev–Trinajstić information content (AvgIpc) is 3.20. The zero-order valence-corrected chi connectivity index (χ0v) is 10.5. The van der Waals surface area contributed by atoms with Crippen LogP contribution in [0.4, 0.5) is 0 Å². The van der Waals surface area contributed by atoms with E-state index in [2.05, 4.69) is 4.98 Å². The van der Waals surface area contributed by atoms with Crippen molar-refractivity contribution in [2.45, 2.75) is 25.8 Å². The molecule has 1 aromatic rings. The fraction of sp³-hybridized carbons (Fsp3) is 0.462. The Bertz CT molecular complexity index is 469. The number of nitrogens with zero attached hydrogens (tertiary/aromatic N) is 2. The van der Waals surface area contributed by atoms with Gasteiger partial charge in [0, 0.05) is 18.8 Å². The van der Waals surface area contributed by atoms with E-state index in [0.29, 0.717) is 18.1 Å². The predicted octanol–water partition coefficient (Wildman–Crippen LogP) is 1.20. The molecular weight excluding hydrogens is 232 g/mol. The van der Waals surface area contributed by atoms with E-state index in [-0.39, 0.29) is 18.2 Å². The molecule has 1 heterocycles. The lowest BCUT2D eigenvalue weighted by atomic mass is 10.3. The summed E-state index contributed by atoms with van der Waals surface area (Å²) >= 11 is 0. The second kappa shape index (κ2) is 5.16. The number of aromatic nitrogens is 1. The average molecular weight is 248 g/mol. The first kappa shape index (κ1) is 12.5. The van der Waals surface area contributed by atoms with Crippen molar-refractivity contribution in [3.05, 3.63) is 23.5 Å². The molecule has 1 saturated carbocycles. The molecule has 5 nitrogen and oxygen atoms in total. The van der Waals surface area contributed by atoms with Crippen molar-refractivity contribution in [2.75, 3.05) is 13.7 Å². The maximum absolute atomic E-state index is 11.8. The third-order valence-corrected chi connectivity index (χ3v) is 2.98. The molecule has 18 heavy (non-hydrogen) atoms. The lowest BCUT2D eigenvalue weighted by Crippen LogP contribution is -2.33. The van der Waals surface area contributed by atoms with Crippen molar-refractivity contribution in [1.29, 1.82) is 0 Å².